The first kappa shape index (κ1) is 20.3. The largest absolute Gasteiger partial charge is 0.480 e. The number of nitrogens with zero attached hydrogens (tertiary/aromatic N) is 1. The molecule has 26 heavy (non-hydrogen) atoms. The van der Waals surface area contributed by atoms with E-state index in [-0.39, 0.29) is 42.2 Å². The molecule has 8 nitrogen and oxygen atoms in total. The predicted octanol–water partition coefficient (Wildman–Crippen LogP) is 1.08. The van der Waals surface area contributed by atoms with Crippen molar-refractivity contribution in [2.24, 2.45) is 0 Å². The molecule has 1 aromatic rings. The highest BCUT2D eigenvalue weighted by Gasteiger charge is 2.32. The lowest BCUT2D eigenvalue weighted by atomic mass is 10.1. The summed E-state index contributed by atoms with van der Waals surface area (Å²) in [5.74, 6) is -1.67. The third-order valence-corrected chi connectivity index (χ3v) is 6.00. The fourth-order valence-corrected chi connectivity index (χ4v) is 4.42. The monoisotopic (exact) mass is 384 g/mol. The van der Waals surface area contributed by atoms with Crippen LogP contribution in [0.15, 0.2) is 29.2 Å². The molecule has 1 heterocycles. The molecule has 2 N–H and O–H groups in total. The highest BCUT2D eigenvalue weighted by atomic mass is 32.2. The number of nitrogens with one attached hydrogen (secondary N) is 1. The Hall–Kier alpha value is -1.97. The van der Waals surface area contributed by atoms with Gasteiger partial charge in [-0.25, -0.2) is 13.2 Å². The first-order chi connectivity index (χ1) is 12.1. The zero-order valence-corrected chi connectivity index (χ0v) is 15.8. The number of aliphatic carboxylic acids is 1. The van der Waals surface area contributed by atoms with Gasteiger partial charge in [0.2, 0.25) is 10.0 Å². The van der Waals surface area contributed by atoms with E-state index in [2.05, 4.69) is 5.32 Å². The number of carboxylic acid groups (broad SMARTS) is 1. The summed E-state index contributed by atoms with van der Waals surface area (Å²) < 4.78 is 32.5. The van der Waals surface area contributed by atoms with Gasteiger partial charge < -0.3 is 15.2 Å². The Labute approximate surface area is 153 Å². The number of morpholine rings is 1. The fraction of sp³-hybridized carbons (Fsp3) is 0.529. The molecule has 1 aliphatic heterocycles. The molecule has 0 saturated carbocycles. The highest BCUT2D eigenvalue weighted by molar-refractivity contribution is 7.89. The van der Waals surface area contributed by atoms with Crippen molar-refractivity contribution >= 4 is 21.9 Å². The smallest absolute Gasteiger partial charge is 0.326 e. The number of carbonyl (C=O) groups is 2. The summed E-state index contributed by atoms with van der Waals surface area (Å²) in [5.41, 5.74) is 0.201. The van der Waals surface area contributed by atoms with Gasteiger partial charge in [0.15, 0.2) is 0 Å². The number of hydrogen-bond acceptors (Lipinski definition) is 5. The summed E-state index contributed by atoms with van der Waals surface area (Å²) in [4.78, 5) is 23.2. The van der Waals surface area contributed by atoms with E-state index in [1.165, 1.54) is 28.6 Å². The minimum Gasteiger partial charge on any atom is -0.480 e. The van der Waals surface area contributed by atoms with Crippen molar-refractivity contribution in [3.8, 4) is 0 Å². The van der Waals surface area contributed by atoms with Gasteiger partial charge >= 0.3 is 5.97 Å². The minimum atomic E-state index is -3.68. The van der Waals surface area contributed by atoms with Crippen molar-refractivity contribution in [1.29, 1.82) is 0 Å². The van der Waals surface area contributed by atoms with E-state index in [4.69, 9.17) is 9.84 Å². The zero-order valence-electron chi connectivity index (χ0n) is 15.0. The van der Waals surface area contributed by atoms with Gasteiger partial charge in [0.25, 0.3) is 5.91 Å². The van der Waals surface area contributed by atoms with Crippen LogP contribution in [0.3, 0.4) is 0 Å². The summed E-state index contributed by atoms with van der Waals surface area (Å²) in [6.45, 7) is 5.83. The molecule has 0 aromatic heterocycles. The lowest BCUT2D eigenvalue weighted by Crippen LogP contribution is -2.48. The average molecular weight is 384 g/mol. The minimum absolute atomic E-state index is 0.0839. The highest BCUT2D eigenvalue weighted by Crippen LogP contribution is 2.21. The molecule has 2 rings (SSSR count). The second-order valence-electron chi connectivity index (χ2n) is 6.38. The molecule has 1 aromatic carbocycles. The van der Waals surface area contributed by atoms with E-state index in [9.17, 15) is 18.0 Å². The Morgan fingerprint density at radius 3 is 2.23 bits per heavy atom. The van der Waals surface area contributed by atoms with Crippen LogP contribution in [0.1, 0.15) is 37.6 Å². The quantitative estimate of drug-likeness (QED) is 0.759. The summed E-state index contributed by atoms with van der Waals surface area (Å²) in [5, 5.41) is 11.4. The molecule has 1 aliphatic rings. The summed E-state index contributed by atoms with van der Waals surface area (Å²) in [6, 6.07) is 4.49. The first-order valence-corrected chi connectivity index (χ1v) is 9.88. The van der Waals surface area contributed by atoms with E-state index in [1.807, 2.05) is 13.8 Å². The molecule has 9 heteroatoms. The number of ether oxygens (including phenoxy) is 1. The van der Waals surface area contributed by atoms with Crippen molar-refractivity contribution < 1.29 is 27.9 Å². The average Bonchev–Trinajstić information content (AvgIpc) is 2.58. The van der Waals surface area contributed by atoms with Gasteiger partial charge in [-0.05, 0) is 44.5 Å². The maximum absolute atomic E-state index is 12.8. The molecule has 1 saturated heterocycles. The van der Waals surface area contributed by atoms with E-state index < -0.39 is 27.9 Å². The molecule has 1 amide bonds. The molecule has 0 aliphatic carbocycles. The number of sulfonamides is 1. The van der Waals surface area contributed by atoms with Gasteiger partial charge in [-0.2, -0.15) is 4.31 Å². The molecular formula is C17H24N2O6S. The Morgan fingerprint density at radius 2 is 1.77 bits per heavy atom. The van der Waals surface area contributed by atoms with Crippen molar-refractivity contribution in [2.75, 3.05) is 13.1 Å². The van der Waals surface area contributed by atoms with Gasteiger partial charge in [0, 0.05) is 18.7 Å². The van der Waals surface area contributed by atoms with Crippen LogP contribution in [-0.2, 0) is 19.6 Å². The van der Waals surface area contributed by atoms with Crippen LogP contribution in [0.5, 0.6) is 0 Å². The van der Waals surface area contributed by atoms with Crippen LogP contribution in [0.4, 0.5) is 0 Å². The summed E-state index contributed by atoms with van der Waals surface area (Å²) >= 11 is 0. The van der Waals surface area contributed by atoms with Crippen LogP contribution in [0.25, 0.3) is 0 Å². The van der Waals surface area contributed by atoms with Gasteiger partial charge in [0.05, 0.1) is 17.1 Å². The van der Waals surface area contributed by atoms with Crippen molar-refractivity contribution in [3.63, 3.8) is 0 Å². The van der Waals surface area contributed by atoms with E-state index >= 15 is 0 Å². The van der Waals surface area contributed by atoms with Crippen LogP contribution < -0.4 is 5.32 Å². The van der Waals surface area contributed by atoms with Crippen molar-refractivity contribution in [3.05, 3.63) is 29.8 Å². The Morgan fingerprint density at radius 1 is 1.23 bits per heavy atom. The van der Waals surface area contributed by atoms with E-state index in [0.29, 0.717) is 0 Å². The standard InChI is InChI=1S/C17H24N2O6S/c1-4-15(17(21)22)18-16(20)13-5-7-14(8-6-13)26(23,24)19-9-11(2)25-12(3)10-19/h5-8,11-12,15H,4,9-10H2,1-3H3,(H,18,20)(H,21,22). The topological polar surface area (TPSA) is 113 Å². The second kappa shape index (κ2) is 8.15. The lowest BCUT2D eigenvalue weighted by Gasteiger charge is -2.34. The van der Waals surface area contributed by atoms with E-state index in [1.54, 1.807) is 6.92 Å². The number of carboxylic acids is 1. The molecule has 0 bridgehead atoms. The molecule has 0 spiro atoms. The van der Waals surface area contributed by atoms with Crippen LogP contribution in [0.2, 0.25) is 0 Å². The Balaban J connectivity index is 2.15. The molecule has 3 unspecified atom stereocenters. The molecule has 3 atom stereocenters. The normalized spacial score (nSPS) is 22.6. The maximum atomic E-state index is 12.8. The van der Waals surface area contributed by atoms with Gasteiger partial charge in [-0.1, -0.05) is 6.92 Å². The maximum Gasteiger partial charge on any atom is 0.326 e. The van der Waals surface area contributed by atoms with Crippen molar-refractivity contribution in [2.45, 2.75) is 50.3 Å². The van der Waals surface area contributed by atoms with Crippen LogP contribution >= 0.6 is 0 Å². The van der Waals surface area contributed by atoms with Gasteiger partial charge in [-0.3, -0.25) is 4.79 Å². The number of benzene rings is 1. The first-order valence-electron chi connectivity index (χ1n) is 8.44. The number of amides is 1. The van der Waals surface area contributed by atoms with Gasteiger partial charge in [0.1, 0.15) is 6.04 Å². The number of carbonyl (C=O) groups excluding carboxylic acids is 1. The Bertz CT molecular complexity index is 752. The number of hydrogen-bond donors (Lipinski definition) is 2. The molecule has 144 valence electrons. The van der Waals surface area contributed by atoms with Crippen LogP contribution in [0, 0.1) is 0 Å². The van der Waals surface area contributed by atoms with Gasteiger partial charge in [-0.15, -0.1) is 0 Å². The zero-order chi connectivity index (χ0) is 19.5. The summed E-state index contributed by atoms with van der Waals surface area (Å²) in [6.07, 6.45) is -0.137. The lowest BCUT2D eigenvalue weighted by molar-refractivity contribution is -0.139. The molecular weight excluding hydrogens is 360 g/mol. The third kappa shape index (κ3) is 4.60. The third-order valence-electron chi connectivity index (χ3n) is 4.15. The van der Waals surface area contributed by atoms with Crippen LogP contribution in [-0.4, -0.2) is 61.0 Å². The summed E-state index contributed by atoms with van der Waals surface area (Å²) in [7, 11) is -3.68. The van der Waals surface area contributed by atoms with E-state index in [0.717, 1.165) is 0 Å². The van der Waals surface area contributed by atoms with Crippen molar-refractivity contribution in [1.82, 2.24) is 9.62 Å². The Kier molecular flexibility index (Phi) is 6.38. The molecule has 1 fully saturated rings. The molecule has 0 radical (unpaired) electrons. The second-order valence-corrected chi connectivity index (χ2v) is 8.31. The SMILES string of the molecule is CCC(NC(=O)c1ccc(S(=O)(=O)N2CC(C)OC(C)C2)cc1)C(=O)O. The fourth-order valence-electron chi connectivity index (χ4n) is 2.83. The predicted molar refractivity (Wildman–Crippen MR) is 94.4 cm³/mol. The number of rotatable bonds is 6.